The Labute approximate surface area is 156 Å². The van der Waals surface area contributed by atoms with Crippen LogP contribution >= 0.6 is 11.9 Å². The summed E-state index contributed by atoms with van der Waals surface area (Å²) in [4.78, 5) is 4.28. The van der Waals surface area contributed by atoms with Crippen molar-refractivity contribution in [1.82, 2.24) is 14.3 Å². The number of aromatic amines is 1. The number of aromatic nitrogens is 2. The van der Waals surface area contributed by atoms with E-state index in [1.165, 1.54) is 16.5 Å². The molecule has 26 heavy (non-hydrogen) atoms. The number of H-pyrrole nitrogens is 1. The van der Waals surface area contributed by atoms with Gasteiger partial charge in [0.1, 0.15) is 0 Å². The standard InChI is InChI=1S/C21H18N4S/c1-23-13-16-10-21(18-5-6-20-17(11-18)7-8-24-20)25(14-16)26-19-4-2-3-15(9-19)12-22/h2-11,14,23-24H,13H2,1H3. The first kappa shape index (κ1) is 16.5. The van der Waals surface area contributed by atoms with Gasteiger partial charge in [0.05, 0.1) is 17.3 Å². The lowest BCUT2D eigenvalue weighted by Crippen LogP contribution is -2.03. The van der Waals surface area contributed by atoms with Crippen LogP contribution in [0, 0.1) is 11.3 Å². The molecular weight excluding hydrogens is 340 g/mol. The maximum absolute atomic E-state index is 9.14. The minimum Gasteiger partial charge on any atom is -0.361 e. The monoisotopic (exact) mass is 358 g/mol. The Hall–Kier alpha value is -2.94. The molecule has 0 fully saturated rings. The van der Waals surface area contributed by atoms with Crippen molar-refractivity contribution in [3.63, 3.8) is 0 Å². The maximum atomic E-state index is 9.14. The van der Waals surface area contributed by atoms with E-state index in [1.54, 1.807) is 11.9 Å². The molecule has 5 heteroatoms. The van der Waals surface area contributed by atoms with Crippen LogP contribution in [0.15, 0.2) is 71.9 Å². The van der Waals surface area contributed by atoms with Crippen molar-refractivity contribution in [1.29, 1.82) is 5.26 Å². The van der Waals surface area contributed by atoms with E-state index in [0.717, 1.165) is 22.7 Å². The van der Waals surface area contributed by atoms with Gasteiger partial charge in [-0.3, -0.25) is 3.97 Å². The summed E-state index contributed by atoms with van der Waals surface area (Å²) in [7, 11) is 1.95. The second-order valence-corrected chi connectivity index (χ2v) is 7.15. The smallest absolute Gasteiger partial charge is 0.0992 e. The van der Waals surface area contributed by atoms with E-state index >= 15 is 0 Å². The van der Waals surface area contributed by atoms with Crippen molar-refractivity contribution in [3.8, 4) is 17.3 Å². The summed E-state index contributed by atoms with van der Waals surface area (Å²) in [5.74, 6) is 0. The molecule has 2 N–H and O–H groups in total. The third-order valence-electron chi connectivity index (χ3n) is 4.24. The number of hydrogen-bond acceptors (Lipinski definition) is 3. The lowest BCUT2D eigenvalue weighted by atomic mass is 10.1. The molecule has 0 spiro atoms. The average molecular weight is 358 g/mol. The first-order chi connectivity index (χ1) is 12.8. The highest BCUT2D eigenvalue weighted by Crippen LogP contribution is 2.32. The molecule has 0 unspecified atom stereocenters. The van der Waals surface area contributed by atoms with Gasteiger partial charge in [-0.25, -0.2) is 0 Å². The van der Waals surface area contributed by atoms with Crippen LogP contribution in [0.5, 0.6) is 0 Å². The Bertz CT molecular complexity index is 1100. The quantitative estimate of drug-likeness (QED) is 0.540. The van der Waals surface area contributed by atoms with Gasteiger partial charge in [-0.15, -0.1) is 0 Å². The normalized spacial score (nSPS) is 10.9. The van der Waals surface area contributed by atoms with Crippen molar-refractivity contribution in [2.45, 2.75) is 11.4 Å². The van der Waals surface area contributed by atoms with Crippen LogP contribution in [0.3, 0.4) is 0 Å². The topological polar surface area (TPSA) is 56.5 Å². The molecule has 4 rings (SSSR count). The van der Waals surface area contributed by atoms with Crippen molar-refractivity contribution in [3.05, 3.63) is 78.1 Å². The summed E-state index contributed by atoms with van der Waals surface area (Å²) < 4.78 is 2.18. The number of hydrogen-bond donors (Lipinski definition) is 2. The second-order valence-electron chi connectivity index (χ2n) is 6.10. The lowest BCUT2D eigenvalue weighted by Gasteiger charge is -2.09. The van der Waals surface area contributed by atoms with Crippen LogP contribution in [0.1, 0.15) is 11.1 Å². The molecule has 0 atom stereocenters. The van der Waals surface area contributed by atoms with Crippen molar-refractivity contribution < 1.29 is 0 Å². The summed E-state index contributed by atoms with van der Waals surface area (Å²) in [6, 6.07) is 20.7. The number of nitrogens with zero attached hydrogens (tertiary/aromatic N) is 2. The van der Waals surface area contributed by atoms with Crippen LogP contribution in [0.25, 0.3) is 22.2 Å². The molecule has 4 aromatic rings. The molecule has 0 amide bonds. The molecule has 0 aliphatic rings. The van der Waals surface area contributed by atoms with E-state index in [1.807, 2.05) is 37.5 Å². The van der Waals surface area contributed by atoms with Crippen molar-refractivity contribution in [2.24, 2.45) is 0 Å². The lowest BCUT2D eigenvalue weighted by molar-refractivity contribution is 0.818. The van der Waals surface area contributed by atoms with Gasteiger partial charge in [0.2, 0.25) is 0 Å². The highest BCUT2D eigenvalue weighted by molar-refractivity contribution is 7.98. The van der Waals surface area contributed by atoms with Crippen molar-refractivity contribution in [2.75, 3.05) is 7.05 Å². The van der Waals surface area contributed by atoms with E-state index in [-0.39, 0.29) is 0 Å². The van der Waals surface area contributed by atoms with Gasteiger partial charge in [-0.1, -0.05) is 12.1 Å². The van der Waals surface area contributed by atoms with E-state index < -0.39 is 0 Å². The van der Waals surface area contributed by atoms with Gasteiger partial charge in [0.25, 0.3) is 0 Å². The molecular formula is C21H18N4S. The van der Waals surface area contributed by atoms with E-state index in [2.05, 4.69) is 56.9 Å². The van der Waals surface area contributed by atoms with Crippen LogP contribution in [-0.4, -0.2) is 16.0 Å². The molecule has 0 saturated heterocycles. The zero-order valence-electron chi connectivity index (χ0n) is 14.4. The molecule has 0 aliphatic carbocycles. The predicted molar refractivity (Wildman–Crippen MR) is 107 cm³/mol. The third-order valence-corrected chi connectivity index (χ3v) is 5.20. The SMILES string of the molecule is CNCc1cc(-c2ccc3[nH]ccc3c2)n(Sc2cccc(C#N)c2)c1. The van der Waals surface area contributed by atoms with E-state index in [4.69, 9.17) is 5.26 Å². The van der Waals surface area contributed by atoms with Gasteiger partial charge in [-0.05, 0) is 72.6 Å². The molecule has 2 aromatic heterocycles. The number of fused-ring (bicyclic) bond motifs is 1. The summed E-state index contributed by atoms with van der Waals surface area (Å²) in [5, 5.41) is 13.5. The summed E-state index contributed by atoms with van der Waals surface area (Å²) >= 11 is 1.62. The van der Waals surface area contributed by atoms with E-state index in [0.29, 0.717) is 5.56 Å². The zero-order valence-corrected chi connectivity index (χ0v) is 15.2. The second kappa shape index (κ2) is 7.12. The number of rotatable bonds is 5. The van der Waals surface area contributed by atoms with Gasteiger partial charge >= 0.3 is 0 Å². The molecule has 0 radical (unpaired) electrons. The molecule has 4 nitrogen and oxygen atoms in total. The highest BCUT2D eigenvalue weighted by Gasteiger charge is 2.11. The van der Waals surface area contributed by atoms with Gasteiger partial charge < -0.3 is 10.3 Å². The van der Waals surface area contributed by atoms with Gasteiger partial charge in [0, 0.05) is 34.7 Å². The number of nitrogens with one attached hydrogen (secondary N) is 2. The number of benzene rings is 2. The molecule has 0 bridgehead atoms. The maximum Gasteiger partial charge on any atom is 0.0992 e. The summed E-state index contributed by atoms with van der Waals surface area (Å²) in [6.45, 7) is 0.811. The summed E-state index contributed by atoms with van der Waals surface area (Å²) in [6.07, 6.45) is 4.11. The Morgan fingerprint density at radius 2 is 2.08 bits per heavy atom. The Morgan fingerprint density at radius 3 is 2.92 bits per heavy atom. The zero-order chi connectivity index (χ0) is 17.9. The van der Waals surface area contributed by atoms with Gasteiger partial charge in [-0.2, -0.15) is 5.26 Å². The summed E-state index contributed by atoms with van der Waals surface area (Å²) in [5.41, 5.74) is 5.35. The molecule has 2 aromatic carbocycles. The fourth-order valence-electron chi connectivity index (χ4n) is 3.03. The Kier molecular flexibility index (Phi) is 4.53. The molecule has 2 heterocycles. The molecule has 0 saturated carbocycles. The molecule has 0 aliphatic heterocycles. The first-order valence-corrected chi connectivity index (χ1v) is 9.16. The van der Waals surface area contributed by atoms with Crippen LogP contribution in [0.2, 0.25) is 0 Å². The van der Waals surface area contributed by atoms with Crippen LogP contribution < -0.4 is 5.32 Å². The Balaban J connectivity index is 1.76. The van der Waals surface area contributed by atoms with Crippen LogP contribution in [-0.2, 0) is 6.54 Å². The van der Waals surface area contributed by atoms with E-state index in [9.17, 15) is 0 Å². The first-order valence-electron chi connectivity index (χ1n) is 8.39. The number of nitriles is 1. The minimum atomic E-state index is 0.674. The van der Waals surface area contributed by atoms with Gasteiger partial charge in [0.15, 0.2) is 0 Å². The largest absolute Gasteiger partial charge is 0.361 e. The fraction of sp³-hybridized carbons (Fsp3) is 0.0952. The fourth-order valence-corrected chi connectivity index (χ4v) is 4.02. The molecule has 128 valence electrons. The highest BCUT2D eigenvalue weighted by atomic mass is 32.2. The van der Waals surface area contributed by atoms with Crippen LogP contribution in [0.4, 0.5) is 0 Å². The predicted octanol–water partition coefficient (Wildman–Crippen LogP) is 4.78. The minimum absolute atomic E-state index is 0.674. The average Bonchev–Trinajstić information content (AvgIpc) is 3.28. The van der Waals surface area contributed by atoms with Crippen molar-refractivity contribution >= 4 is 22.9 Å². The third kappa shape index (κ3) is 3.25. The Morgan fingerprint density at radius 1 is 1.15 bits per heavy atom.